The van der Waals surface area contributed by atoms with Crippen molar-refractivity contribution < 1.29 is 0 Å². The Bertz CT molecular complexity index is 257. The summed E-state index contributed by atoms with van der Waals surface area (Å²) in [5, 5.41) is 0. The van der Waals surface area contributed by atoms with E-state index in [2.05, 4.69) is 57.8 Å². The first-order valence-electron chi connectivity index (χ1n) is 4.54. The Morgan fingerprint density at radius 3 is 2.62 bits per heavy atom. The van der Waals surface area contributed by atoms with E-state index in [-0.39, 0.29) is 0 Å². The van der Waals surface area contributed by atoms with Crippen LogP contribution >= 0.6 is 43.2 Å². The minimum Gasteiger partial charge on any atom is -0.132 e. The molecule has 0 N–H and O–H groups in total. The zero-order valence-corrected chi connectivity index (χ0v) is 11.9. The molecular formula is C10H14Br2S. The van der Waals surface area contributed by atoms with Crippen LogP contribution in [0.2, 0.25) is 0 Å². The van der Waals surface area contributed by atoms with Crippen LogP contribution in [0.1, 0.15) is 36.4 Å². The van der Waals surface area contributed by atoms with Crippen LogP contribution in [0.3, 0.4) is 0 Å². The first-order chi connectivity index (χ1) is 6.15. The molecule has 1 aromatic heterocycles. The molecule has 0 saturated heterocycles. The van der Waals surface area contributed by atoms with Crippen LogP contribution in [0.25, 0.3) is 0 Å². The number of hydrogen-bond donors (Lipinski definition) is 0. The quantitative estimate of drug-likeness (QED) is 0.652. The van der Waals surface area contributed by atoms with Gasteiger partial charge in [-0.25, -0.2) is 0 Å². The van der Waals surface area contributed by atoms with Gasteiger partial charge in [-0.1, -0.05) is 36.2 Å². The minimum absolute atomic E-state index is 0.517. The summed E-state index contributed by atoms with van der Waals surface area (Å²) >= 11 is 9.06. The fourth-order valence-electron chi connectivity index (χ4n) is 1.36. The van der Waals surface area contributed by atoms with Gasteiger partial charge >= 0.3 is 0 Å². The molecule has 0 nitrogen and oxygen atoms in total. The molecule has 1 aromatic rings. The van der Waals surface area contributed by atoms with Gasteiger partial charge in [0.15, 0.2) is 0 Å². The molecule has 0 bridgehead atoms. The summed E-state index contributed by atoms with van der Waals surface area (Å²) in [5.41, 5.74) is 0. The molecule has 0 saturated carbocycles. The highest BCUT2D eigenvalue weighted by Gasteiger charge is 2.16. The lowest BCUT2D eigenvalue weighted by Gasteiger charge is -2.15. The highest BCUT2D eigenvalue weighted by atomic mass is 79.9. The molecule has 0 aliphatic rings. The van der Waals surface area contributed by atoms with Crippen molar-refractivity contribution in [1.82, 2.24) is 0 Å². The van der Waals surface area contributed by atoms with Gasteiger partial charge in [0, 0.05) is 4.88 Å². The maximum absolute atomic E-state index is 3.76. The van der Waals surface area contributed by atoms with Crippen LogP contribution in [0.15, 0.2) is 15.9 Å². The van der Waals surface area contributed by atoms with Crippen molar-refractivity contribution in [1.29, 1.82) is 0 Å². The summed E-state index contributed by atoms with van der Waals surface area (Å²) in [6.45, 7) is 4.54. The maximum atomic E-state index is 3.76. The van der Waals surface area contributed by atoms with E-state index in [1.54, 1.807) is 0 Å². The average molecular weight is 326 g/mol. The highest BCUT2D eigenvalue weighted by molar-refractivity contribution is 9.11. The van der Waals surface area contributed by atoms with Crippen molar-refractivity contribution in [3.63, 3.8) is 0 Å². The van der Waals surface area contributed by atoms with Gasteiger partial charge in [0.25, 0.3) is 0 Å². The summed E-state index contributed by atoms with van der Waals surface area (Å²) in [7, 11) is 0. The van der Waals surface area contributed by atoms with Crippen molar-refractivity contribution in [2.45, 2.75) is 31.5 Å². The van der Waals surface area contributed by atoms with Gasteiger partial charge in [-0.2, -0.15) is 0 Å². The Morgan fingerprint density at radius 1 is 1.46 bits per heavy atom. The summed E-state index contributed by atoms with van der Waals surface area (Å²) in [4.78, 5) is 1.94. The molecule has 0 aromatic carbocycles. The molecule has 0 amide bonds. The lowest BCUT2D eigenvalue weighted by molar-refractivity contribution is 0.522. The van der Waals surface area contributed by atoms with Gasteiger partial charge in [0.05, 0.1) is 8.61 Å². The van der Waals surface area contributed by atoms with E-state index in [4.69, 9.17) is 0 Å². The molecule has 0 aliphatic heterocycles. The van der Waals surface area contributed by atoms with E-state index in [1.165, 1.54) is 21.5 Å². The van der Waals surface area contributed by atoms with Crippen molar-refractivity contribution in [3.05, 3.63) is 20.8 Å². The van der Waals surface area contributed by atoms with E-state index in [0.29, 0.717) is 4.83 Å². The Morgan fingerprint density at radius 2 is 2.15 bits per heavy atom. The summed E-state index contributed by atoms with van der Waals surface area (Å²) < 4.78 is 1.22. The van der Waals surface area contributed by atoms with Gasteiger partial charge in [0.2, 0.25) is 0 Å². The lowest BCUT2D eigenvalue weighted by Crippen LogP contribution is -2.00. The second-order valence-corrected chi connectivity index (χ2v) is 6.79. The molecular weight excluding hydrogens is 312 g/mol. The fourth-order valence-corrected chi connectivity index (χ4v) is 3.59. The topological polar surface area (TPSA) is 0 Å². The molecule has 1 heterocycles. The zero-order valence-electron chi connectivity index (χ0n) is 7.89. The smallest absolute Gasteiger partial charge is 0.0701 e. The van der Waals surface area contributed by atoms with Crippen LogP contribution in [-0.2, 0) is 0 Å². The van der Waals surface area contributed by atoms with Crippen LogP contribution in [-0.4, -0.2) is 0 Å². The van der Waals surface area contributed by atoms with Gasteiger partial charge in [-0.15, -0.1) is 11.3 Å². The number of thiophene rings is 1. The number of halogens is 2. The van der Waals surface area contributed by atoms with Gasteiger partial charge in [0.1, 0.15) is 0 Å². The van der Waals surface area contributed by atoms with Crippen LogP contribution in [0, 0.1) is 5.92 Å². The Labute approximate surface area is 101 Å². The van der Waals surface area contributed by atoms with Gasteiger partial charge in [-0.3, -0.25) is 0 Å². The summed E-state index contributed by atoms with van der Waals surface area (Å²) in [5.74, 6) is 0.718. The third-order valence-electron chi connectivity index (χ3n) is 2.11. The summed E-state index contributed by atoms with van der Waals surface area (Å²) in [6, 6.07) is 4.31. The molecule has 0 spiro atoms. The Balaban J connectivity index is 2.61. The number of hydrogen-bond acceptors (Lipinski definition) is 1. The van der Waals surface area contributed by atoms with Gasteiger partial charge < -0.3 is 0 Å². The Hall–Kier alpha value is 0.660. The molecule has 2 atom stereocenters. The minimum atomic E-state index is 0.517. The molecule has 0 aliphatic carbocycles. The summed E-state index contributed by atoms with van der Waals surface area (Å²) in [6.07, 6.45) is 2.54. The monoisotopic (exact) mass is 324 g/mol. The van der Waals surface area contributed by atoms with Crippen molar-refractivity contribution in [2.24, 2.45) is 5.92 Å². The predicted octanol–water partition coefficient (Wildman–Crippen LogP) is 5.38. The molecule has 1 rings (SSSR count). The zero-order chi connectivity index (χ0) is 9.84. The third-order valence-corrected chi connectivity index (χ3v) is 5.51. The van der Waals surface area contributed by atoms with Crippen LogP contribution in [0.4, 0.5) is 0 Å². The third kappa shape index (κ3) is 3.37. The van der Waals surface area contributed by atoms with E-state index >= 15 is 0 Å². The van der Waals surface area contributed by atoms with Crippen molar-refractivity contribution >= 4 is 43.2 Å². The normalized spacial score (nSPS) is 15.7. The fraction of sp³-hybridized carbons (Fsp3) is 0.600. The maximum Gasteiger partial charge on any atom is 0.0701 e. The van der Waals surface area contributed by atoms with Crippen molar-refractivity contribution in [3.8, 4) is 0 Å². The van der Waals surface area contributed by atoms with Crippen LogP contribution < -0.4 is 0 Å². The number of alkyl halides is 1. The second-order valence-electron chi connectivity index (χ2n) is 3.31. The number of rotatable bonds is 4. The van der Waals surface area contributed by atoms with Crippen molar-refractivity contribution in [2.75, 3.05) is 0 Å². The average Bonchev–Trinajstić information content (AvgIpc) is 2.51. The molecule has 0 fully saturated rings. The SMILES string of the molecule is CCCC(C)C(Br)c1ccc(Br)s1. The van der Waals surface area contributed by atoms with Gasteiger partial charge in [-0.05, 0) is 40.4 Å². The largest absolute Gasteiger partial charge is 0.132 e. The molecule has 13 heavy (non-hydrogen) atoms. The molecule has 2 unspecified atom stereocenters. The second kappa shape index (κ2) is 5.52. The van der Waals surface area contributed by atoms with Crippen LogP contribution in [0.5, 0.6) is 0 Å². The van der Waals surface area contributed by atoms with E-state index in [9.17, 15) is 0 Å². The van der Waals surface area contributed by atoms with E-state index in [0.717, 1.165) is 5.92 Å². The first kappa shape index (κ1) is 11.7. The molecule has 3 heteroatoms. The lowest BCUT2D eigenvalue weighted by atomic mass is 10.0. The highest BCUT2D eigenvalue weighted by Crippen LogP contribution is 2.38. The molecule has 0 radical (unpaired) electrons. The first-order valence-corrected chi connectivity index (χ1v) is 7.07. The molecule has 74 valence electrons. The standard InChI is InChI=1S/C10H14Br2S/c1-3-4-7(2)10(12)8-5-6-9(11)13-8/h5-7,10H,3-4H2,1-2H3. The van der Waals surface area contributed by atoms with E-state index in [1.807, 2.05) is 11.3 Å². The Kier molecular flexibility index (Phi) is 4.98. The predicted molar refractivity (Wildman–Crippen MR) is 67.8 cm³/mol. The van der Waals surface area contributed by atoms with E-state index < -0.39 is 0 Å².